The van der Waals surface area contributed by atoms with E-state index in [0.29, 0.717) is 12.3 Å². The van der Waals surface area contributed by atoms with E-state index in [-0.39, 0.29) is 0 Å². The largest absolute Gasteiger partial charge is 0.359 e. The summed E-state index contributed by atoms with van der Waals surface area (Å²) < 4.78 is 7.70. The second-order valence-electron chi connectivity index (χ2n) is 8.22. The van der Waals surface area contributed by atoms with Gasteiger partial charge < -0.3 is 14.5 Å². The lowest BCUT2D eigenvalue weighted by molar-refractivity contribution is 0.0813. The van der Waals surface area contributed by atoms with Gasteiger partial charge in [-0.25, -0.2) is 9.67 Å². The Morgan fingerprint density at radius 2 is 1.96 bits per heavy atom. The van der Waals surface area contributed by atoms with Crippen LogP contribution < -0.4 is 4.90 Å². The van der Waals surface area contributed by atoms with Crippen molar-refractivity contribution in [2.24, 2.45) is 0 Å². The summed E-state index contributed by atoms with van der Waals surface area (Å²) >= 11 is 0. The Morgan fingerprint density at radius 1 is 1.23 bits per heavy atom. The minimum atomic E-state index is -1.11. The van der Waals surface area contributed by atoms with E-state index in [0.717, 1.165) is 62.0 Å². The molecular weight excluding hydrogens is 346 g/mol. The summed E-state index contributed by atoms with van der Waals surface area (Å²) in [5, 5.41) is 5.70. The third-order valence-corrected chi connectivity index (χ3v) is 6.44. The van der Waals surface area contributed by atoms with Crippen LogP contribution in [0.2, 0.25) is 25.7 Å². The van der Waals surface area contributed by atoms with Crippen molar-refractivity contribution in [3.05, 3.63) is 17.8 Å². The van der Waals surface area contributed by atoms with Crippen molar-refractivity contribution in [2.45, 2.75) is 32.4 Å². The Kier molecular flexibility index (Phi) is 5.74. The topological polar surface area (TPSA) is 63.5 Å². The maximum atomic E-state index is 11.2. The van der Waals surface area contributed by atoms with Crippen molar-refractivity contribution in [3.63, 3.8) is 0 Å². The Hall–Kier alpha value is -1.77. The lowest BCUT2D eigenvalue weighted by atomic mass is 10.2. The van der Waals surface area contributed by atoms with E-state index in [2.05, 4.69) is 41.5 Å². The molecule has 0 bridgehead atoms. The summed E-state index contributed by atoms with van der Waals surface area (Å²) in [5.41, 5.74) is 1.35. The summed E-state index contributed by atoms with van der Waals surface area (Å²) in [7, 11) is 1.02. The third-order valence-electron chi connectivity index (χ3n) is 4.74. The van der Waals surface area contributed by atoms with Gasteiger partial charge >= 0.3 is 0 Å². The Balaban J connectivity index is 1.83. The first-order valence-corrected chi connectivity index (χ1v) is 12.9. The molecule has 0 amide bonds. The maximum absolute atomic E-state index is 11.2. The number of hydrogen-bond acceptors (Lipinski definition) is 6. The van der Waals surface area contributed by atoms with Gasteiger partial charge in [0.1, 0.15) is 6.73 Å². The molecule has 0 aromatic carbocycles. The standard InChI is InChI=1S/C18H29N5O2Si/c1-21-5-7-22(8-6-21)18-16-11-15(13-24)12-19-17(16)23(20-18)14-25-9-10-26(2,3)4/h11-13H,5-10,14H2,1-4H3. The number of aromatic nitrogens is 3. The van der Waals surface area contributed by atoms with Crippen LogP contribution in [0.4, 0.5) is 5.82 Å². The summed E-state index contributed by atoms with van der Waals surface area (Å²) in [5.74, 6) is 0.901. The average molecular weight is 376 g/mol. The molecule has 26 heavy (non-hydrogen) atoms. The summed E-state index contributed by atoms with van der Waals surface area (Å²) in [6, 6.07) is 3.01. The fourth-order valence-corrected chi connectivity index (χ4v) is 3.75. The SMILES string of the molecule is CN1CCN(c2nn(COCC[Si](C)(C)C)c3ncc(C=O)cc23)CC1. The zero-order chi connectivity index (χ0) is 18.7. The number of hydrogen-bond donors (Lipinski definition) is 0. The van der Waals surface area contributed by atoms with Crippen LogP contribution in [0.25, 0.3) is 11.0 Å². The molecule has 1 fully saturated rings. The van der Waals surface area contributed by atoms with E-state index in [4.69, 9.17) is 9.84 Å². The van der Waals surface area contributed by atoms with Crippen molar-refractivity contribution < 1.29 is 9.53 Å². The number of aldehydes is 1. The van der Waals surface area contributed by atoms with Crippen LogP contribution in [0.15, 0.2) is 12.3 Å². The highest BCUT2D eigenvalue weighted by Crippen LogP contribution is 2.26. The molecule has 1 aliphatic heterocycles. The first-order valence-electron chi connectivity index (χ1n) is 9.20. The number of carbonyl (C=O) groups is 1. The number of anilines is 1. The second-order valence-corrected chi connectivity index (χ2v) is 13.8. The summed E-state index contributed by atoms with van der Waals surface area (Å²) in [4.78, 5) is 20.2. The molecule has 0 N–H and O–H groups in total. The average Bonchev–Trinajstić information content (AvgIpc) is 2.96. The van der Waals surface area contributed by atoms with Crippen LogP contribution in [-0.4, -0.2) is 73.9 Å². The van der Waals surface area contributed by atoms with Gasteiger partial charge in [-0.3, -0.25) is 4.79 Å². The molecule has 0 atom stereocenters. The van der Waals surface area contributed by atoms with Gasteiger partial charge in [-0.15, -0.1) is 0 Å². The van der Waals surface area contributed by atoms with E-state index in [1.54, 1.807) is 6.20 Å². The predicted molar refractivity (Wildman–Crippen MR) is 107 cm³/mol. The smallest absolute Gasteiger partial charge is 0.162 e. The van der Waals surface area contributed by atoms with Gasteiger partial charge in [0.05, 0.1) is 5.39 Å². The summed E-state index contributed by atoms with van der Waals surface area (Å²) in [6.45, 7) is 12.0. The lowest BCUT2D eigenvalue weighted by Gasteiger charge is -2.32. The number of pyridine rings is 1. The number of likely N-dealkylation sites (N-methyl/N-ethyl adjacent to an activating group) is 1. The zero-order valence-corrected chi connectivity index (χ0v) is 17.2. The number of ether oxygens (including phenoxy) is 1. The quantitative estimate of drug-likeness (QED) is 0.420. The number of fused-ring (bicyclic) bond motifs is 1. The Bertz CT molecular complexity index is 763. The number of piperazine rings is 1. The minimum absolute atomic E-state index is 0.391. The van der Waals surface area contributed by atoms with Crippen LogP contribution >= 0.6 is 0 Å². The Labute approximate surface area is 155 Å². The molecule has 1 saturated heterocycles. The molecule has 1 aliphatic rings. The predicted octanol–water partition coefficient (Wildman–Crippen LogP) is 2.31. The van der Waals surface area contributed by atoms with E-state index in [1.165, 1.54) is 0 Å². The normalized spacial score (nSPS) is 16.4. The van der Waals surface area contributed by atoms with E-state index < -0.39 is 8.07 Å². The third kappa shape index (κ3) is 4.49. The van der Waals surface area contributed by atoms with Gasteiger partial charge in [0.2, 0.25) is 0 Å². The van der Waals surface area contributed by atoms with Crippen LogP contribution in [0, 0.1) is 0 Å². The van der Waals surface area contributed by atoms with E-state index >= 15 is 0 Å². The van der Waals surface area contributed by atoms with E-state index in [9.17, 15) is 4.79 Å². The summed E-state index contributed by atoms with van der Waals surface area (Å²) in [6.07, 6.45) is 2.44. The van der Waals surface area contributed by atoms with Crippen molar-refractivity contribution in [1.29, 1.82) is 0 Å². The van der Waals surface area contributed by atoms with E-state index in [1.807, 2.05) is 10.7 Å². The first kappa shape index (κ1) is 19.0. The van der Waals surface area contributed by atoms with Gasteiger partial charge in [0.15, 0.2) is 17.8 Å². The van der Waals surface area contributed by atoms with Crippen molar-refractivity contribution in [1.82, 2.24) is 19.7 Å². The van der Waals surface area contributed by atoms with Crippen LogP contribution in [0.3, 0.4) is 0 Å². The number of carbonyl (C=O) groups excluding carboxylic acids is 1. The van der Waals surface area contributed by atoms with Crippen LogP contribution in [0.5, 0.6) is 0 Å². The van der Waals surface area contributed by atoms with Crippen LogP contribution in [-0.2, 0) is 11.5 Å². The highest BCUT2D eigenvalue weighted by atomic mass is 28.3. The van der Waals surface area contributed by atoms with Gasteiger partial charge in [-0.2, -0.15) is 5.10 Å². The molecule has 0 saturated carbocycles. The molecule has 2 aromatic heterocycles. The number of nitrogens with zero attached hydrogens (tertiary/aromatic N) is 5. The fourth-order valence-electron chi connectivity index (χ4n) is 3.00. The molecule has 8 heteroatoms. The van der Waals surface area contributed by atoms with Crippen LogP contribution in [0.1, 0.15) is 10.4 Å². The van der Waals surface area contributed by atoms with Crippen molar-refractivity contribution in [2.75, 3.05) is 44.7 Å². The van der Waals surface area contributed by atoms with Gasteiger partial charge in [-0.05, 0) is 19.2 Å². The molecule has 0 unspecified atom stereocenters. The van der Waals surface area contributed by atoms with Gasteiger partial charge in [0, 0.05) is 52.6 Å². The molecule has 3 rings (SSSR count). The fraction of sp³-hybridized carbons (Fsp3) is 0.611. The Morgan fingerprint density at radius 3 is 2.62 bits per heavy atom. The monoisotopic (exact) mass is 375 g/mol. The van der Waals surface area contributed by atoms with Gasteiger partial charge in [-0.1, -0.05) is 19.6 Å². The number of rotatable bonds is 7. The highest BCUT2D eigenvalue weighted by molar-refractivity contribution is 6.76. The lowest BCUT2D eigenvalue weighted by Crippen LogP contribution is -2.44. The molecule has 0 aliphatic carbocycles. The first-order chi connectivity index (χ1) is 12.4. The second kappa shape index (κ2) is 7.85. The van der Waals surface area contributed by atoms with Gasteiger partial charge in [0.25, 0.3) is 0 Å². The molecule has 7 nitrogen and oxygen atoms in total. The molecule has 0 spiro atoms. The molecule has 3 heterocycles. The molecular formula is C18H29N5O2Si. The minimum Gasteiger partial charge on any atom is -0.359 e. The molecule has 142 valence electrons. The zero-order valence-electron chi connectivity index (χ0n) is 16.2. The molecule has 2 aromatic rings. The highest BCUT2D eigenvalue weighted by Gasteiger charge is 2.21. The maximum Gasteiger partial charge on any atom is 0.162 e. The van der Waals surface area contributed by atoms with Crippen molar-refractivity contribution in [3.8, 4) is 0 Å². The molecule has 0 radical (unpaired) electrons. The van der Waals surface area contributed by atoms with Crippen molar-refractivity contribution >= 4 is 31.2 Å².